The van der Waals surface area contributed by atoms with Gasteiger partial charge in [0.1, 0.15) is 0 Å². The summed E-state index contributed by atoms with van der Waals surface area (Å²) in [6.07, 6.45) is 0.519. The van der Waals surface area contributed by atoms with Crippen LogP contribution in [0.15, 0.2) is 0 Å². The molecule has 1 unspecified atom stereocenters. The minimum Gasteiger partial charge on any atom is -0.379 e. The molecule has 0 N–H and O–H groups in total. The number of carbonyl (C=O) groups excluding carboxylic acids is 2. The third-order valence-electron chi connectivity index (χ3n) is 6.78. The standard InChI is InChI=1S/C17H27N3O5S/c1-10-11(2)14(10)17(22)20-13-4-5-19(15(13)12(3)16(20)21)26(23,24)18-6-8-25-9-7-18/h10-15H,4-9H2,1-3H3/t10-,11+,12-,13-,14?,15+/m0/s1. The van der Waals surface area contributed by atoms with Gasteiger partial charge in [0.25, 0.3) is 10.2 Å². The van der Waals surface area contributed by atoms with E-state index < -0.39 is 22.2 Å². The van der Waals surface area contributed by atoms with E-state index in [0.717, 1.165) is 0 Å². The van der Waals surface area contributed by atoms with E-state index in [1.807, 2.05) is 13.8 Å². The number of likely N-dealkylation sites (tertiary alicyclic amines) is 1. The minimum atomic E-state index is -3.65. The number of fused-ring (bicyclic) bond motifs is 1. The van der Waals surface area contributed by atoms with E-state index in [-0.39, 0.29) is 23.8 Å². The molecule has 2 amide bonds. The first-order chi connectivity index (χ1) is 12.3. The van der Waals surface area contributed by atoms with Gasteiger partial charge in [-0.05, 0) is 18.3 Å². The lowest BCUT2D eigenvalue weighted by molar-refractivity contribution is -0.146. The van der Waals surface area contributed by atoms with Gasteiger partial charge in [0, 0.05) is 25.6 Å². The molecule has 1 aliphatic carbocycles. The van der Waals surface area contributed by atoms with E-state index in [4.69, 9.17) is 4.74 Å². The Balaban J connectivity index is 1.58. The zero-order valence-corrected chi connectivity index (χ0v) is 16.3. The van der Waals surface area contributed by atoms with Crippen molar-refractivity contribution < 1.29 is 22.7 Å². The number of hydrogen-bond acceptors (Lipinski definition) is 5. The van der Waals surface area contributed by atoms with E-state index in [1.165, 1.54) is 13.5 Å². The number of carbonyl (C=O) groups is 2. The lowest BCUT2D eigenvalue weighted by Gasteiger charge is -2.33. The smallest absolute Gasteiger partial charge is 0.282 e. The number of ether oxygens (including phenoxy) is 1. The SMILES string of the molecule is C[C@@H]1C(=O)N(C(=O)C2[C@@H](C)[C@H]2C)[C@H]2CCN(S(=O)(=O)N3CCOCC3)[C@H]12. The Labute approximate surface area is 154 Å². The number of amides is 2. The number of nitrogens with zero attached hydrogens (tertiary/aromatic N) is 3. The van der Waals surface area contributed by atoms with Gasteiger partial charge in [0.2, 0.25) is 11.8 Å². The van der Waals surface area contributed by atoms with Crippen LogP contribution in [0.4, 0.5) is 0 Å². The summed E-state index contributed by atoms with van der Waals surface area (Å²) in [5.74, 6) is -0.349. The van der Waals surface area contributed by atoms with Crippen LogP contribution in [0, 0.1) is 23.7 Å². The molecule has 4 rings (SSSR count). The fourth-order valence-corrected chi connectivity index (χ4v) is 6.78. The van der Waals surface area contributed by atoms with Gasteiger partial charge in [-0.15, -0.1) is 0 Å². The fraction of sp³-hybridized carbons (Fsp3) is 0.882. The molecule has 3 heterocycles. The molecule has 146 valence electrons. The summed E-state index contributed by atoms with van der Waals surface area (Å²) >= 11 is 0. The quantitative estimate of drug-likeness (QED) is 0.634. The normalized spacial score (nSPS) is 41.5. The maximum atomic E-state index is 13.1. The van der Waals surface area contributed by atoms with Gasteiger partial charge in [-0.25, -0.2) is 0 Å². The van der Waals surface area contributed by atoms with Crippen molar-refractivity contribution in [2.75, 3.05) is 32.8 Å². The fourth-order valence-electron chi connectivity index (χ4n) is 4.90. The second kappa shape index (κ2) is 6.25. The van der Waals surface area contributed by atoms with Crippen molar-refractivity contribution in [2.24, 2.45) is 23.7 Å². The largest absolute Gasteiger partial charge is 0.379 e. The Morgan fingerprint density at radius 1 is 1.08 bits per heavy atom. The molecule has 0 bridgehead atoms. The average molecular weight is 385 g/mol. The van der Waals surface area contributed by atoms with E-state index in [0.29, 0.717) is 51.1 Å². The Hall–Kier alpha value is -1.03. The van der Waals surface area contributed by atoms with Crippen LogP contribution in [0.5, 0.6) is 0 Å². The Bertz CT molecular complexity index is 712. The van der Waals surface area contributed by atoms with Crippen molar-refractivity contribution in [3.8, 4) is 0 Å². The third-order valence-corrected chi connectivity index (χ3v) is 8.82. The Kier molecular flexibility index (Phi) is 4.41. The highest BCUT2D eigenvalue weighted by atomic mass is 32.2. The lowest BCUT2D eigenvalue weighted by atomic mass is 10.0. The van der Waals surface area contributed by atoms with Crippen LogP contribution < -0.4 is 0 Å². The summed E-state index contributed by atoms with van der Waals surface area (Å²) in [5.41, 5.74) is 0. The summed E-state index contributed by atoms with van der Waals surface area (Å²) in [6, 6.07) is -0.788. The number of rotatable bonds is 3. The van der Waals surface area contributed by atoms with Crippen LogP contribution >= 0.6 is 0 Å². The maximum absolute atomic E-state index is 13.1. The lowest BCUT2D eigenvalue weighted by Crippen LogP contribution is -2.52. The Morgan fingerprint density at radius 2 is 1.69 bits per heavy atom. The van der Waals surface area contributed by atoms with Crippen LogP contribution in [0.25, 0.3) is 0 Å². The summed E-state index contributed by atoms with van der Waals surface area (Å²) in [7, 11) is -3.65. The van der Waals surface area contributed by atoms with Crippen molar-refractivity contribution in [2.45, 2.75) is 39.3 Å². The third kappa shape index (κ3) is 2.55. The van der Waals surface area contributed by atoms with Gasteiger partial charge in [-0.1, -0.05) is 20.8 Å². The second-order valence-corrected chi connectivity index (χ2v) is 9.94. The molecule has 0 aromatic rings. The van der Waals surface area contributed by atoms with E-state index >= 15 is 0 Å². The molecule has 9 heteroatoms. The first-order valence-corrected chi connectivity index (χ1v) is 10.9. The number of morpholine rings is 1. The number of imide groups is 1. The molecule has 6 atom stereocenters. The van der Waals surface area contributed by atoms with Gasteiger partial charge in [0.05, 0.1) is 31.2 Å². The monoisotopic (exact) mass is 385 g/mol. The molecule has 0 aromatic carbocycles. The molecule has 26 heavy (non-hydrogen) atoms. The van der Waals surface area contributed by atoms with Gasteiger partial charge >= 0.3 is 0 Å². The van der Waals surface area contributed by atoms with Crippen molar-refractivity contribution >= 4 is 22.0 Å². The zero-order chi connectivity index (χ0) is 18.8. The van der Waals surface area contributed by atoms with Crippen molar-refractivity contribution in [1.82, 2.24) is 13.5 Å². The van der Waals surface area contributed by atoms with Gasteiger partial charge in [-0.2, -0.15) is 17.0 Å². The molecular formula is C17H27N3O5S. The molecular weight excluding hydrogens is 358 g/mol. The minimum absolute atomic E-state index is 0.102. The van der Waals surface area contributed by atoms with Gasteiger partial charge in [0.15, 0.2) is 0 Å². The van der Waals surface area contributed by atoms with Crippen LogP contribution in [0.1, 0.15) is 27.2 Å². The maximum Gasteiger partial charge on any atom is 0.282 e. The second-order valence-electron chi connectivity index (χ2n) is 8.06. The summed E-state index contributed by atoms with van der Waals surface area (Å²) in [6.45, 7) is 7.59. The van der Waals surface area contributed by atoms with Crippen molar-refractivity contribution in [3.63, 3.8) is 0 Å². The van der Waals surface area contributed by atoms with Crippen molar-refractivity contribution in [1.29, 1.82) is 0 Å². The molecule has 0 aromatic heterocycles. The molecule has 4 aliphatic rings. The predicted octanol–water partition coefficient (Wildman–Crippen LogP) is -0.0868. The molecule has 3 saturated heterocycles. The predicted molar refractivity (Wildman–Crippen MR) is 93.0 cm³/mol. The molecule has 1 saturated carbocycles. The van der Waals surface area contributed by atoms with Crippen molar-refractivity contribution in [3.05, 3.63) is 0 Å². The highest BCUT2D eigenvalue weighted by Crippen LogP contribution is 2.49. The first-order valence-electron chi connectivity index (χ1n) is 9.48. The van der Waals surface area contributed by atoms with Crippen LogP contribution in [-0.2, 0) is 24.5 Å². The molecule has 4 fully saturated rings. The Morgan fingerprint density at radius 3 is 2.27 bits per heavy atom. The summed E-state index contributed by atoms with van der Waals surface area (Å²) in [5, 5.41) is 0. The topological polar surface area (TPSA) is 87.2 Å². The summed E-state index contributed by atoms with van der Waals surface area (Å²) < 4.78 is 34.3. The summed E-state index contributed by atoms with van der Waals surface area (Å²) in [4.78, 5) is 27.1. The van der Waals surface area contributed by atoms with Crippen LogP contribution in [-0.4, -0.2) is 78.7 Å². The zero-order valence-electron chi connectivity index (χ0n) is 15.5. The van der Waals surface area contributed by atoms with Crippen LogP contribution in [0.2, 0.25) is 0 Å². The van der Waals surface area contributed by atoms with Gasteiger partial charge < -0.3 is 4.74 Å². The molecule has 0 spiro atoms. The van der Waals surface area contributed by atoms with E-state index in [9.17, 15) is 18.0 Å². The van der Waals surface area contributed by atoms with Crippen LogP contribution in [0.3, 0.4) is 0 Å². The highest BCUT2D eigenvalue weighted by molar-refractivity contribution is 7.86. The molecule has 8 nitrogen and oxygen atoms in total. The van der Waals surface area contributed by atoms with E-state index in [2.05, 4.69) is 0 Å². The molecule has 3 aliphatic heterocycles. The van der Waals surface area contributed by atoms with E-state index in [1.54, 1.807) is 6.92 Å². The number of hydrogen-bond donors (Lipinski definition) is 0. The first kappa shape index (κ1) is 18.3. The highest BCUT2D eigenvalue weighted by Gasteiger charge is 2.61. The molecule has 0 radical (unpaired) electrons. The average Bonchev–Trinajstić information content (AvgIpc) is 2.96. The van der Waals surface area contributed by atoms with Gasteiger partial charge in [-0.3, -0.25) is 14.5 Å².